The van der Waals surface area contributed by atoms with E-state index in [0.717, 1.165) is 16.0 Å². The predicted molar refractivity (Wildman–Crippen MR) is 64.1 cm³/mol. The molecule has 5 heteroatoms. The molecule has 0 radical (unpaired) electrons. The number of hydrogen-bond donors (Lipinski definition) is 0. The zero-order valence-corrected chi connectivity index (χ0v) is 10.1. The summed E-state index contributed by atoms with van der Waals surface area (Å²) in [5, 5.41) is 0. The Morgan fingerprint density at radius 2 is 2.11 bits per heavy atom. The first-order chi connectivity index (χ1) is 8.95. The molecule has 2 rings (SSSR count). The van der Waals surface area contributed by atoms with Crippen molar-refractivity contribution in [3.8, 4) is 12.3 Å². The van der Waals surface area contributed by atoms with Crippen molar-refractivity contribution in [2.45, 2.75) is 25.1 Å². The number of carbonyl (C=O) groups excluding carboxylic acids is 1. The fourth-order valence-electron chi connectivity index (χ4n) is 2.44. The molecule has 0 aliphatic heterocycles. The predicted octanol–water partition coefficient (Wildman–Crippen LogP) is 2.70. The van der Waals surface area contributed by atoms with Gasteiger partial charge in [-0.05, 0) is 24.0 Å². The molecule has 0 fully saturated rings. The highest BCUT2D eigenvalue weighted by Gasteiger charge is 2.45. The number of hydrogen-bond acceptors (Lipinski definition) is 1. The van der Waals surface area contributed by atoms with Gasteiger partial charge in [0.2, 0.25) is 0 Å². The van der Waals surface area contributed by atoms with Gasteiger partial charge in [0.1, 0.15) is 0 Å². The van der Waals surface area contributed by atoms with E-state index in [1.165, 1.54) is 0 Å². The number of halogens is 3. The number of nitrogens with zero attached hydrogens (tertiary/aromatic N) is 1. The third-order valence-electron chi connectivity index (χ3n) is 3.24. The lowest BCUT2D eigenvalue weighted by molar-refractivity contribution is -0.187. The van der Waals surface area contributed by atoms with Gasteiger partial charge < -0.3 is 4.90 Å². The summed E-state index contributed by atoms with van der Waals surface area (Å²) in [6.07, 6.45) is 1.33. The van der Waals surface area contributed by atoms with E-state index in [2.05, 4.69) is 5.92 Å². The van der Waals surface area contributed by atoms with E-state index >= 15 is 0 Å². The maximum absolute atomic E-state index is 12.6. The number of fused-ring (bicyclic) bond motifs is 1. The highest BCUT2D eigenvalue weighted by molar-refractivity contribution is 5.82. The number of terminal acetylenes is 1. The Kier molecular flexibility index (Phi) is 3.52. The Balaban J connectivity index is 2.32. The van der Waals surface area contributed by atoms with E-state index in [0.29, 0.717) is 12.8 Å². The average Bonchev–Trinajstić information content (AvgIpc) is 2.78. The zero-order valence-electron chi connectivity index (χ0n) is 10.1. The van der Waals surface area contributed by atoms with Crippen LogP contribution >= 0.6 is 0 Å². The lowest BCUT2D eigenvalue weighted by Gasteiger charge is -2.28. The molecule has 1 aliphatic carbocycles. The molecular formula is C14H12F3NO. The van der Waals surface area contributed by atoms with Gasteiger partial charge in [-0.15, -0.1) is 6.42 Å². The maximum Gasteiger partial charge on any atom is 0.471 e. The molecule has 1 atom stereocenters. The number of alkyl halides is 3. The Morgan fingerprint density at radius 3 is 2.74 bits per heavy atom. The van der Waals surface area contributed by atoms with Crippen molar-refractivity contribution in [2.75, 3.05) is 6.54 Å². The van der Waals surface area contributed by atoms with Crippen LogP contribution in [0.1, 0.15) is 23.6 Å². The number of amides is 1. The van der Waals surface area contributed by atoms with Crippen molar-refractivity contribution in [2.24, 2.45) is 0 Å². The van der Waals surface area contributed by atoms with Crippen molar-refractivity contribution < 1.29 is 18.0 Å². The first kappa shape index (κ1) is 13.5. The summed E-state index contributed by atoms with van der Waals surface area (Å²) in [6, 6.07) is 6.62. The van der Waals surface area contributed by atoms with Gasteiger partial charge in [0.25, 0.3) is 0 Å². The summed E-state index contributed by atoms with van der Waals surface area (Å²) in [7, 11) is 0. The van der Waals surface area contributed by atoms with E-state index in [-0.39, 0.29) is 6.54 Å². The molecular weight excluding hydrogens is 255 g/mol. The summed E-state index contributed by atoms with van der Waals surface area (Å²) in [5.74, 6) is 0.265. The molecule has 100 valence electrons. The van der Waals surface area contributed by atoms with E-state index in [1.54, 1.807) is 12.1 Å². The molecule has 0 unspecified atom stereocenters. The Bertz CT molecular complexity index is 530. The van der Waals surface area contributed by atoms with E-state index in [4.69, 9.17) is 6.42 Å². The molecule has 1 aliphatic rings. The molecule has 0 bridgehead atoms. The zero-order chi connectivity index (χ0) is 14.0. The van der Waals surface area contributed by atoms with E-state index in [9.17, 15) is 18.0 Å². The molecule has 1 aromatic carbocycles. The van der Waals surface area contributed by atoms with Crippen molar-refractivity contribution in [3.05, 3.63) is 35.4 Å². The summed E-state index contributed by atoms with van der Waals surface area (Å²) in [4.78, 5) is 12.2. The second kappa shape index (κ2) is 4.96. The second-order valence-corrected chi connectivity index (χ2v) is 4.39. The van der Waals surface area contributed by atoms with Gasteiger partial charge in [0.15, 0.2) is 0 Å². The van der Waals surface area contributed by atoms with Crippen LogP contribution < -0.4 is 0 Å². The van der Waals surface area contributed by atoms with Crippen LogP contribution in [0.3, 0.4) is 0 Å². The highest BCUT2D eigenvalue weighted by atomic mass is 19.4. The van der Waals surface area contributed by atoms with Gasteiger partial charge in [-0.1, -0.05) is 30.2 Å². The lowest BCUT2D eigenvalue weighted by atomic mass is 10.1. The molecule has 0 aromatic heterocycles. The minimum Gasteiger partial charge on any atom is -0.317 e. The van der Waals surface area contributed by atoms with Crippen molar-refractivity contribution in [1.29, 1.82) is 0 Å². The van der Waals surface area contributed by atoms with Crippen LogP contribution in [0.25, 0.3) is 0 Å². The van der Waals surface area contributed by atoms with Crippen LogP contribution in [0, 0.1) is 12.3 Å². The van der Waals surface area contributed by atoms with Crippen molar-refractivity contribution in [1.82, 2.24) is 4.90 Å². The minimum atomic E-state index is -4.89. The number of carbonyl (C=O) groups is 1. The Hall–Kier alpha value is -1.96. The molecule has 0 saturated heterocycles. The van der Waals surface area contributed by atoms with Gasteiger partial charge >= 0.3 is 12.1 Å². The summed E-state index contributed by atoms with van der Waals surface area (Å²) in [6.45, 7) is -0.336. The monoisotopic (exact) mass is 267 g/mol. The van der Waals surface area contributed by atoms with Gasteiger partial charge in [-0.25, -0.2) is 0 Å². The standard InChI is InChI=1S/C14H12F3NO/c1-2-9-18(13(19)14(15,16)17)12-8-7-10-5-3-4-6-11(10)12/h1,3-6,12H,7-9H2/t12-/m0/s1. The SMILES string of the molecule is C#CCN(C(=O)C(F)(F)F)[C@H]1CCc2ccccc21. The van der Waals surface area contributed by atoms with Gasteiger partial charge in [-0.3, -0.25) is 4.79 Å². The van der Waals surface area contributed by atoms with Crippen LogP contribution in [0.5, 0.6) is 0 Å². The van der Waals surface area contributed by atoms with Gasteiger partial charge in [-0.2, -0.15) is 13.2 Å². The van der Waals surface area contributed by atoms with Crippen LogP contribution in [-0.2, 0) is 11.2 Å². The average molecular weight is 267 g/mol. The molecule has 2 nitrogen and oxygen atoms in total. The molecule has 1 aromatic rings. The summed E-state index contributed by atoms with van der Waals surface area (Å²) < 4.78 is 37.8. The largest absolute Gasteiger partial charge is 0.471 e. The van der Waals surface area contributed by atoms with E-state index < -0.39 is 18.1 Å². The number of aryl methyl sites for hydroxylation is 1. The third kappa shape index (κ3) is 2.58. The lowest BCUT2D eigenvalue weighted by Crippen LogP contribution is -2.43. The van der Waals surface area contributed by atoms with Crippen LogP contribution in [0.4, 0.5) is 13.2 Å². The molecule has 0 spiro atoms. The van der Waals surface area contributed by atoms with E-state index in [1.807, 2.05) is 12.1 Å². The Morgan fingerprint density at radius 1 is 1.42 bits per heavy atom. The number of benzene rings is 1. The third-order valence-corrected chi connectivity index (χ3v) is 3.24. The minimum absolute atomic E-state index is 0.336. The Labute approximate surface area is 109 Å². The molecule has 1 amide bonds. The summed E-state index contributed by atoms with van der Waals surface area (Å²) >= 11 is 0. The molecule has 0 N–H and O–H groups in total. The molecule has 0 heterocycles. The first-order valence-corrected chi connectivity index (χ1v) is 5.84. The fraction of sp³-hybridized carbons (Fsp3) is 0.357. The summed E-state index contributed by atoms with van der Waals surface area (Å²) in [5.41, 5.74) is 1.74. The second-order valence-electron chi connectivity index (χ2n) is 4.39. The highest BCUT2D eigenvalue weighted by Crippen LogP contribution is 2.37. The van der Waals surface area contributed by atoms with Gasteiger partial charge in [0.05, 0.1) is 12.6 Å². The van der Waals surface area contributed by atoms with Crippen LogP contribution in [0.15, 0.2) is 24.3 Å². The smallest absolute Gasteiger partial charge is 0.317 e. The van der Waals surface area contributed by atoms with Crippen LogP contribution in [0.2, 0.25) is 0 Å². The molecule has 0 saturated carbocycles. The van der Waals surface area contributed by atoms with Gasteiger partial charge in [0, 0.05) is 0 Å². The van der Waals surface area contributed by atoms with Crippen LogP contribution in [-0.4, -0.2) is 23.5 Å². The quantitative estimate of drug-likeness (QED) is 0.754. The molecule has 19 heavy (non-hydrogen) atoms. The van der Waals surface area contributed by atoms with Crippen molar-refractivity contribution >= 4 is 5.91 Å². The number of rotatable bonds is 2. The normalized spacial score (nSPS) is 17.7. The van der Waals surface area contributed by atoms with Crippen molar-refractivity contribution in [3.63, 3.8) is 0 Å². The maximum atomic E-state index is 12.6. The topological polar surface area (TPSA) is 20.3 Å². The fourth-order valence-corrected chi connectivity index (χ4v) is 2.44. The first-order valence-electron chi connectivity index (χ1n) is 5.84.